The normalized spacial score (nSPS) is 10.9. The highest BCUT2D eigenvalue weighted by Gasteiger charge is 2.17. The van der Waals surface area contributed by atoms with Gasteiger partial charge in [0, 0.05) is 19.7 Å². The first-order valence-electron chi connectivity index (χ1n) is 8.23. The molecule has 0 bridgehead atoms. The highest BCUT2D eigenvalue weighted by Crippen LogP contribution is 2.27. The van der Waals surface area contributed by atoms with Crippen LogP contribution in [0.1, 0.15) is 26.5 Å². The van der Waals surface area contributed by atoms with Gasteiger partial charge in [-0.3, -0.25) is 9.48 Å². The minimum absolute atomic E-state index is 0.0343. The predicted molar refractivity (Wildman–Crippen MR) is 112 cm³/mol. The number of amides is 1. The number of aryl methyl sites for hydroxylation is 2. The van der Waals surface area contributed by atoms with Gasteiger partial charge in [-0.1, -0.05) is 17.7 Å². The summed E-state index contributed by atoms with van der Waals surface area (Å²) in [7, 11) is 3.64. The second-order valence-electron chi connectivity index (χ2n) is 6.27. The third-order valence-electron chi connectivity index (χ3n) is 4.09. The molecular formula is C19H19BrClN3O2S. The molecule has 142 valence electrons. The molecule has 0 radical (unpaired) electrons. The lowest BCUT2D eigenvalue weighted by Crippen LogP contribution is -2.26. The summed E-state index contributed by atoms with van der Waals surface area (Å²) in [5.41, 5.74) is 2.97. The van der Waals surface area contributed by atoms with Crippen LogP contribution in [0.5, 0.6) is 5.75 Å². The number of carbonyl (C=O) groups is 1. The van der Waals surface area contributed by atoms with Gasteiger partial charge in [0.05, 0.1) is 32.8 Å². The molecule has 0 fully saturated rings. The quantitative estimate of drug-likeness (QED) is 0.508. The Labute approximate surface area is 175 Å². The number of ether oxygens (including phenoxy) is 1. The van der Waals surface area contributed by atoms with Crippen LogP contribution in [-0.4, -0.2) is 27.6 Å². The molecule has 0 saturated carbocycles. The molecule has 0 unspecified atom stereocenters. The first kappa shape index (κ1) is 19.9. The lowest BCUT2D eigenvalue weighted by atomic mass is 10.2. The molecule has 1 amide bonds. The maximum Gasteiger partial charge on any atom is 0.264 e. The van der Waals surface area contributed by atoms with Crippen molar-refractivity contribution in [3.05, 3.63) is 67.0 Å². The summed E-state index contributed by atoms with van der Waals surface area (Å²) < 4.78 is 8.45. The van der Waals surface area contributed by atoms with Gasteiger partial charge in [-0.15, -0.1) is 11.3 Å². The summed E-state index contributed by atoms with van der Waals surface area (Å²) in [6, 6.07) is 7.53. The van der Waals surface area contributed by atoms with Crippen molar-refractivity contribution < 1.29 is 9.53 Å². The van der Waals surface area contributed by atoms with E-state index in [1.807, 2.05) is 43.6 Å². The van der Waals surface area contributed by atoms with Gasteiger partial charge in [-0.25, -0.2) is 0 Å². The fraction of sp³-hybridized carbons (Fsp3) is 0.263. The van der Waals surface area contributed by atoms with Crippen molar-refractivity contribution in [3.63, 3.8) is 0 Å². The van der Waals surface area contributed by atoms with Crippen molar-refractivity contribution in [1.82, 2.24) is 14.7 Å². The molecule has 2 aromatic heterocycles. The molecule has 1 aromatic carbocycles. The highest BCUT2D eigenvalue weighted by molar-refractivity contribution is 9.10. The minimum Gasteiger partial charge on any atom is -0.487 e. The maximum atomic E-state index is 12.7. The van der Waals surface area contributed by atoms with Gasteiger partial charge in [0.15, 0.2) is 0 Å². The van der Waals surface area contributed by atoms with Crippen molar-refractivity contribution in [2.45, 2.75) is 20.1 Å². The van der Waals surface area contributed by atoms with Crippen LogP contribution in [0.4, 0.5) is 0 Å². The van der Waals surface area contributed by atoms with Gasteiger partial charge >= 0.3 is 0 Å². The van der Waals surface area contributed by atoms with Gasteiger partial charge in [0.2, 0.25) is 0 Å². The number of rotatable bonds is 6. The zero-order valence-electron chi connectivity index (χ0n) is 15.2. The number of halogens is 2. The Balaban J connectivity index is 1.64. The third-order valence-corrected chi connectivity index (χ3v) is 6.03. The number of hydrogen-bond acceptors (Lipinski definition) is 4. The van der Waals surface area contributed by atoms with Crippen LogP contribution in [0.3, 0.4) is 0 Å². The third kappa shape index (κ3) is 4.72. The van der Waals surface area contributed by atoms with E-state index >= 15 is 0 Å². The smallest absolute Gasteiger partial charge is 0.264 e. The number of carbonyl (C=O) groups excluding carboxylic acids is 1. The number of hydrogen-bond donors (Lipinski definition) is 0. The lowest BCUT2D eigenvalue weighted by Gasteiger charge is -2.16. The number of nitrogens with zero attached hydrogens (tertiary/aromatic N) is 3. The summed E-state index contributed by atoms with van der Waals surface area (Å²) in [6.07, 6.45) is 1.73. The van der Waals surface area contributed by atoms with E-state index in [-0.39, 0.29) is 5.91 Å². The molecule has 0 aliphatic carbocycles. The van der Waals surface area contributed by atoms with Crippen molar-refractivity contribution in [2.75, 3.05) is 7.05 Å². The average molecular weight is 469 g/mol. The fourth-order valence-electron chi connectivity index (χ4n) is 2.54. The van der Waals surface area contributed by atoms with Crippen LogP contribution in [0.15, 0.2) is 40.3 Å². The Kier molecular flexibility index (Phi) is 6.24. The summed E-state index contributed by atoms with van der Waals surface area (Å²) >= 11 is 11.0. The summed E-state index contributed by atoms with van der Waals surface area (Å²) in [4.78, 5) is 15.1. The van der Waals surface area contributed by atoms with E-state index in [2.05, 4.69) is 21.0 Å². The van der Waals surface area contributed by atoms with Gasteiger partial charge in [0.25, 0.3) is 5.91 Å². The molecule has 3 aromatic rings. The monoisotopic (exact) mass is 467 g/mol. The van der Waals surface area contributed by atoms with Crippen LogP contribution in [0.25, 0.3) is 0 Å². The molecular weight excluding hydrogens is 450 g/mol. The zero-order chi connectivity index (χ0) is 19.6. The molecule has 0 N–H and O–H groups in total. The molecule has 0 aliphatic heterocycles. The van der Waals surface area contributed by atoms with Crippen LogP contribution >= 0.6 is 38.9 Å². The summed E-state index contributed by atoms with van der Waals surface area (Å²) in [5, 5.41) is 6.69. The van der Waals surface area contributed by atoms with E-state index in [1.165, 1.54) is 11.3 Å². The number of thiophene rings is 1. The molecule has 0 atom stereocenters. The average Bonchev–Trinajstić information content (AvgIpc) is 3.24. The van der Waals surface area contributed by atoms with E-state index in [4.69, 9.17) is 16.3 Å². The topological polar surface area (TPSA) is 47.4 Å². The maximum absolute atomic E-state index is 12.7. The van der Waals surface area contributed by atoms with Crippen LogP contribution < -0.4 is 4.74 Å². The van der Waals surface area contributed by atoms with Gasteiger partial charge in [0.1, 0.15) is 12.4 Å². The molecule has 8 heteroatoms. The molecule has 2 heterocycles. The number of aromatic nitrogens is 2. The largest absolute Gasteiger partial charge is 0.487 e. The van der Waals surface area contributed by atoms with E-state index in [0.29, 0.717) is 28.8 Å². The van der Waals surface area contributed by atoms with Gasteiger partial charge in [-0.2, -0.15) is 5.10 Å². The van der Waals surface area contributed by atoms with Crippen molar-refractivity contribution in [2.24, 2.45) is 7.05 Å². The SMILES string of the molecule is Cc1ccc(Cl)c(OCc2csc(C(=O)N(C)Cc3c(Br)cnn3C)c2)c1. The Morgan fingerprint density at radius 2 is 2.19 bits per heavy atom. The van der Waals surface area contributed by atoms with Crippen molar-refractivity contribution in [1.29, 1.82) is 0 Å². The zero-order valence-corrected chi connectivity index (χ0v) is 18.4. The second-order valence-corrected chi connectivity index (χ2v) is 8.44. The molecule has 3 rings (SSSR count). The van der Waals surface area contributed by atoms with E-state index in [0.717, 1.165) is 21.3 Å². The van der Waals surface area contributed by atoms with Crippen molar-refractivity contribution >= 4 is 44.8 Å². The van der Waals surface area contributed by atoms with E-state index in [1.54, 1.807) is 22.8 Å². The van der Waals surface area contributed by atoms with Crippen LogP contribution in [0, 0.1) is 6.92 Å². The van der Waals surface area contributed by atoms with E-state index < -0.39 is 0 Å². The van der Waals surface area contributed by atoms with Gasteiger partial charge < -0.3 is 9.64 Å². The Morgan fingerprint density at radius 1 is 1.41 bits per heavy atom. The first-order chi connectivity index (χ1) is 12.8. The van der Waals surface area contributed by atoms with Gasteiger partial charge in [-0.05, 0) is 52.0 Å². The summed E-state index contributed by atoms with van der Waals surface area (Å²) in [5.74, 6) is 0.613. The molecule has 0 aliphatic rings. The molecule has 0 spiro atoms. The highest BCUT2D eigenvalue weighted by atomic mass is 79.9. The Hall–Kier alpha value is -1.83. The molecule has 0 saturated heterocycles. The Morgan fingerprint density at radius 3 is 2.89 bits per heavy atom. The second kappa shape index (κ2) is 8.46. The fourth-order valence-corrected chi connectivity index (χ4v) is 4.08. The number of benzene rings is 1. The lowest BCUT2D eigenvalue weighted by molar-refractivity contribution is 0.0786. The van der Waals surface area contributed by atoms with E-state index in [9.17, 15) is 4.79 Å². The predicted octanol–water partition coefficient (Wildman–Crippen LogP) is 5.06. The summed E-state index contributed by atoms with van der Waals surface area (Å²) in [6.45, 7) is 2.82. The molecule has 27 heavy (non-hydrogen) atoms. The molecule has 5 nitrogen and oxygen atoms in total. The van der Waals surface area contributed by atoms with Crippen LogP contribution in [0.2, 0.25) is 5.02 Å². The first-order valence-corrected chi connectivity index (χ1v) is 10.3. The Bertz CT molecular complexity index is 950. The van der Waals surface area contributed by atoms with Crippen LogP contribution in [-0.2, 0) is 20.2 Å². The standard InChI is InChI=1S/C19H19BrClN3O2S/c1-12-4-5-15(21)17(6-12)26-10-13-7-18(27-11-13)19(25)23(2)9-16-14(20)8-22-24(16)3/h4-8,11H,9-10H2,1-3H3. The van der Waals surface area contributed by atoms with Crippen molar-refractivity contribution in [3.8, 4) is 5.75 Å². The minimum atomic E-state index is -0.0343.